The van der Waals surface area contributed by atoms with E-state index in [1.165, 1.54) is 24.1 Å². The van der Waals surface area contributed by atoms with Crippen LogP contribution in [0.5, 0.6) is 0 Å². The Kier molecular flexibility index (Phi) is 7.58. The minimum absolute atomic E-state index is 0.0846. The number of non-ortho nitro benzene ring substituents is 1. The molecule has 1 heterocycles. The summed E-state index contributed by atoms with van der Waals surface area (Å²) in [6.45, 7) is 4.04. The molecule has 0 aromatic heterocycles. The molecule has 1 fully saturated rings. The summed E-state index contributed by atoms with van der Waals surface area (Å²) < 4.78 is 5.81. The molecule has 2 unspecified atom stereocenters. The molecule has 0 radical (unpaired) electrons. The molecule has 2 aromatic carbocycles. The van der Waals surface area contributed by atoms with Crippen molar-refractivity contribution >= 4 is 11.6 Å². The topological polar surface area (TPSA) is 88.8 Å². The van der Waals surface area contributed by atoms with Crippen LogP contribution >= 0.6 is 0 Å². The van der Waals surface area contributed by atoms with Gasteiger partial charge < -0.3 is 15.4 Å². The molecule has 29 heavy (non-hydrogen) atoms. The van der Waals surface area contributed by atoms with Gasteiger partial charge in [0.1, 0.15) is 0 Å². The van der Waals surface area contributed by atoms with Crippen LogP contribution in [-0.2, 0) is 11.3 Å². The van der Waals surface area contributed by atoms with Crippen molar-refractivity contribution in [3.8, 4) is 0 Å². The van der Waals surface area contributed by atoms with E-state index in [0.717, 1.165) is 25.0 Å². The summed E-state index contributed by atoms with van der Waals surface area (Å²) >= 11 is 0. The highest BCUT2D eigenvalue weighted by atomic mass is 16.6. The smallest absolute Gasteiger partial charge is 0.269 e. The maximum atomic E-state index is 10.8. The zero-order chi connectivity index (χ0) is 20.5. The lowest BCUT2D eigenvalue weighted by atomic mass is 10.1. The van der Waals surface area contributed by atoms with E-state index in [2.05, 4.69) is 34.7 Å². The Morgan fingerprint density at radius 1 is 1.21 bits per heavy atom. The molecule has 7 heteroatoms. The molecule has 154 valence electrons. The Morgan fingerprint density at radius 2 is 1.97 bits per heavy atom. The number of hydrogen-bond donors (Lipinski definition) is 2. The number of nitro groups is 1. The Bertz CT molecular complexity index is 803. The first-order valence-electron chi connectivity index (χ1n) is 10.1. The van der Waals surface area contributed by atoms with Gasteiger partial charge >= 0.3 is 0 Å². The fraction of sp³-hybridized carbons (Fsp3) is 0.409. The van der Waals surface area contributed by atoms with Gasteiger partial charge in [0, 0.05) is 25.3 Å². The van der Waals surface area contributed by atoms with Gasteiger partial charge in [0.05, 0.1) is 23.6 Å². The van der Waals surface area contributed by atoms with Gasteiger partial charge in [-0.2, -0.15) is 0 Å². The molecule has 3 rings (SSSR count). The minimum atomic E-state index is -0.396. The van der Waals surface area contributed by atoms with Crippen molar-refractivity contribution in [3.63, 3.8) is 0 Å². The van der Waals surface area contributed by atoms with Gasteiger partial charge in [-0.15, -0.1) is 0 Å². The molecule has 0 spiro atoms. The van der Waals surface area contributed by atoms with Crippen LogP contribution < -0.4 is 10.6 Å². The normalized spacial score (nSPS) is 18.1. The molecule has 2 N–H and O–H groups in total. The van der Waals surface area contributed by atoms with E-state index >= 15 is 0 Å². The van der Waals surface area contributed by atoms with Crippen LogP contribution in [0.2, 0.25) is 0 Å². The molecular weight excluding hydrogens is 368 g/mol. The van der Waals surface area contributed by atoms with Gasteiger partial charge in [-0.1, -0.05) is 42.5 Å². The predicted molar refractivity (Wildman–Crippen MR) is 114 cm³/mol. The van der Waals surface area contributed by atoms with E-state index in [1.807, 2.05) is 18.2 Å². The number of rotatable bonds is 7. The summed E-state index contributed by atoms with van der Waals surface area (Å²) in [5.41, 5.74) is 2.17. The average Bonchev–Trinajstić information content (AvgIpc) is 2.77. The molecule has 1 aliphatic heterocycles. The summed E-state index contributed by atoms with van der Waals surface area (Å²) in [4.78, 5) is 15.1. The monoisotopic (exact) mass is 396 g/mol. The fourth-order valence-electron chi connectivity index (χ4n) is 3.26. The van der Waals surface area contributed by atoms with Crippen molar-refractivity contribution < 1.29 is 9.66 Å². The summed E-state index contributed by atoms with van der Waals surface area (Å²) in [6.07, 6.45) is 3.56. The Morgan fingerprint density at radius 3 is 2.62 bits per heavy atom. The molecule has 0 saturated carbocycles. The van der Waals surface area contributed by atoms with E-state index in [-0.39, 0.29) is 17.8 Å². The van der Waals surface area contributed by atoms with E-state index in [1.54, 1.807) is 12.1 Å². The van der Waals surface area contributed by atoms with Gasteiger partial charge in [-0.3, -0.25) is 10.1 Å². The highest BCUT2D eigenvalue weighted by Gasteiger charge is 2.15. The standard InChI is InChI=1S/C22H28N4O3/c1-17(19-7-3-2-4-8-19)25-22(24-16-21-9-5-6-14-29-21)23-15-18-10-12-20(13-11-18)26(27)28/h2-4,7-8,10-13,17,21H,5-6,9,14-16H2,1H3,(H2,23,24,25). The van der Waals surface area contributed by atoms with E-state index in [9.17, 15) is 10.1 Å². The third-order valence-electron chi connectivity index (χ3n) is 4.99. The predicted octanol–water partition coefficient (Wildman–Crippen LogP) is 3.96. The van der Waals surface area contributed by atoms with Gasteiger partial charge in [-0.05, 0) is 37.3 Å². The van der Waals surface area contributed by atoms with E-state index < -0.39 is 4.92 Å². The fourth-order valence-corrected chi connectivity index (χ4v) is 3.26. The molecule has 1 aliphatic rings. The van der Waals surface area contributed by atoms with Crippen molar-refractivity contribution in [1.29, 1.82) is 0 Å². The highest BCUT2D eigenvalue weighted by molar-refractivity contribution is 5.80. The molecular formula is C22H28N4O3. The summed E-state index contributed by atoms with van der Waals surface area (Å²) in [6, 6.07) is 16.8. The van der Waals surface area contributed by atoms with Gasteiger partial charge in [0.2, 0.25) is 0 Å². The van der Waals surface area contributed by atoms with Crippen LogP contribution in [-0.4, -0.2) is 30.1 Å². The number of aliphatic imine (C=N–C) groups is 1. The van der Waals surface area contributed by atoms with Crippen LogP contribution in [0.4, 0.5) is 5.69 Å². The average molecular weight is 396 g/mol. The van der Waals surface area contributed by atoms with Crippen LogP contribution in [0, 0.1) is 10.1 Å². The largest absolute Gasteiger partial charge is 0.376 e. The number of hydrogen-bond acceptors (Lipinski definition) is 4. The SMILES string of the molecule is CC(NC(=NCc1ccc([N+](=O)[O-])cc1)NCC1CCCCO1)c1ccccc1. The second-order valence-electron chi connectivity index (χ2n) is 7.23. The maximum Gasteiger partial charge on any atom is 0.269 e. The molecule has 7 nitrogen and oxygen atoms in total. The summed E-state index contributed by atoms with van der Waals surface area (Å²) in [7, 11) is 0. The third kappa shape index (κ3) is 6.57. The van der Waals surface area contributed by atoms with Crippen LogP contribution in [0.3, 0.4) is 0 Å². The summed E-state index contributed by atoms with van der Waals surface area (Å²) in [5, 5.41) is 17.7. The van der Waals surface area contributed by atoms with Gasteiger partial charge in [-0.25, -0.2) is 4.99 Å². The van der Waals surface area contributed by atoms with Crippen LogP contribution in [0.25, 0.3) is 0 Å². The zero-order valence-electron chi connectivity index (χ0n) is 16.7. The number of nitrogens with one attached hydrogen (secondary N) is 2. The van der Waals surface area contributed by atoms with Crippen molar-refractivity contribution in [2.24, 2.45) is 4.99 Å². The van der Waals surface area contributed by atoms with Crippen LogP contribution in [0.1, 0.15) is 43.4 Å². The third-order valence-corrected chi connectivity index (χ3v) is 4.99. The molecule has 2 aromatic rings. The summed E-state index contributed by atoms with van der Waals surface area (Å²) in [5.74, 6) is 0.703. The molecule has 0 bridgehead atoms. The van der Waals surface area contributed by atoms with Crippen molar-refractivity contribution in [2.45, 2.75) is 44.9 Å². The molecule has 1 saturated heterocycles. The minimum Gasteiger partial charge on any atom is -0.376 e. The Hall–Kier alpha value is -2.93. The quantitative estimate of drug-likeness (QED) is 0.320. The lowest BCUT2D eigenvalue weighted by Gasteiger charge is -2.25. The van der Waals surface area contributed by atoms with Crippen molar-refractivity contribution in [3.05, 3.63) is 75.8 Å². The van der Waals surface area contributed by atoms with Crippen LogP contribution in [0.15, 0.2) is 59.6 Å². The number of nitro benzene ring substituents is 1. The number of guanidine groups is 1. The highest BCUT2D eigenvalue weighted by Crippen LogP contribution is 2.14. The van der Waals surface area contributed by atoms with E-state index in [0.29, 0.717) is 19.0 Å². The first kappa shape index (κ1) is 20.8. The second-order valence-corrected chi connectivity index (χ2v) is 7.23. The second kappa shape index (κ2) is 10.6. The first-order chi connectivity index (χ1) is 14.1. The molecule has 0 aliphatic carbocycles. The molecule has 2 atom stereocenters. The molecule has 0 amide bonds. The number of nitrogens with zero attached hydrogens (tertiary/aromatic N) is 2. The lowest BCUT2D eigenvalue weighted by Crippen LogP contribution is -2.43. The number of ether oxygens (including phenoxy) is 1. The van der Waals surface area contributed by atoms with E-state index in [4.69, 9.17) is 4.74 Å². The number of benzene rings is 2. The zero-order valence-corrected chi connectivity index (χ0v) is 16.7. The Labute approximate surface area is 171 Å². The lowest BCUT2D eigenvalue weighted by molar-refractivity contribution is -0.384. The maximum absolute atomic E-state index is 10.8. The first-order valence-corrected chi connectivity index (χ1v) is 10.1. The van der Waals surface area contributed by atoms with Crippen molar-refractivity contribution in [1.82, 2.24) is 10.6 Å². The van der Waals surface area contributed by atoms with Gasteiger partial charge in [0.15, 0.2) is 5.96 Å². The van der Waals surface area contributed by atoms with Crippen molar-refractivity contribution in [2.75, 3.05) is 13.2 Å². The van der Waals surface area contributed by atoms with Gasteiger partial charge in [0.25, 0.3) is 5.69 Å². The Balaban J connectivity index is 1.66.